The average Bonchev–Trinajstić information content (AvgIpc) is 2.34. The summed E-state index contributed by atoms with van der Waals surface area (Å²) >= 11 is 9.21. The predicted molar refractivity (Wildman–Crippen MR) is 74.6 cm³/mol. The maximum atomic E-state index is 12.1. The van der Waals surface area contributed by atoms with E-state index in [4.69, 9.17) is 22.1 Å². The van der Waals surface area contributed by atoms with Gasteiger partial charge in [0.15, 0.2) is 0 Å². The van der Waals surface area contributed by atoms with Gasteiger partial charge in [0, 0.05) is 4.47 Å². The Labute approximate surface area is 125 Å². The Kier molecular flexibility index (Phi) is 5.77. The molecule has 0 aliphatic rings. The van der Waals surface area contributed by atoms with Crippen LogP contribution in [0.5, 0.6) is 0 Å². The highest BCUT2D eigenvalue weighted by Gasteiger charge is 2.23. The Morgan fingerprint density at radius 2 is 1.84 bits per heavy atom. The minimum atomic E-state index is -3.76. The Hall–Kier alpha value is -1.12. The molecule has 0 aliphatic carbocycles. The highest BCUT2D eigenvalue weighted by atomic mass is 79.9. The Morgan fingerprint density at radius 1 is 1.26 bits per heavy atom. The van der Waals surface area contributed by atoms with Crippen LogP contribution in [0.2, 0.25) is 5.02 Å². The number of halogens is 2. The second-order valence-electron chi connectivity index (χ2n) is 3.55. The van der Waals surface area contributed by atoms with Gasteiger partial charge in [-0.1, -0.05) is 23.7 Å². The van der Waals surface area contributed by atoms with Gasteiger partial charge in [-0.3, -0.25) is 0 Å². The molecule has 0 spiro atoms. The molecule has 0 unspecified atom stereocenters. The van der Waals surface area contributed by atoms with Crippen LogP contribution in [0.4, 0.5) is 0 Å². The fraction of sp³-hybridized carbons (Fsp3) is 0.273. The van der Waals surface area contributed by atoms with Crippen LogP contribution in [0.3, 0.4) is 0 Å². The van der Waals surface area contributed by atoms with Crippen molar-refractivity contribution < 1.29 is 8.42 Å². The fourth-order valence-corrected chi connectivity index (χ4v) is 3.36. The minimum Gasteiger partial charge on any atom is -0.212 e. The molecule has 5 nitrogen and oxygen atoms in total. The normalized spacial score (nSPS) is 11.0. The predicted octanol–water partition coefficient (Wildman–Crippen LogP) is 2.28. The summed E-state index contributed by atoms with van der Waals surface area (Å²) in [7, 11) is -3.76. The number of nitriles is 2. The molecule has 0 saturated carbocycles. The molecule has 0 radical (unpaired) electrons. The van der Waals surface area contributed by atoms with Gasteiger partial charge >= 0.3 is 0 Å². The van der Waals surface area contributed by atoms with E-state index in [1.807, 2.05) is 0 Å². The molecule has 8 heteroatoms. The molecule has 0 heterocycles. The third-order valence-corrected chi connectivity index (χ3v) is 5.31. The van der Waals surface area contributed by atoms with E-state index >= 15 is 0 Å². The van der Waals surface area contributed by atoms with Crippen molar-refractivity contribution in [3.63, 3.8) is 0 Å². The maximum Gasteiger partial charge on any atom is 0.220 e. The summed E-state index contributed by atoms with van der Waals surface area (Å²) in [5, 5.41) is 17.5. The van der Waals surface area contributed by atoms with E-state index in [1.54, 1.807) is 30.3 Å². The summed E-state index contributed by atoms with van der Waals surface area (Å²) in [6.45, 7) is -0.719. The first-order valence-electron chi connectivity index (χ1n) is 5.07. The van der Waals surface area contributed by atoms with Crippen molar-refractivity contribution in [2.45, 2.75) is 5.75 Å². The first-order chi connectivity index (χ1) is 8.92. The second-order valence-corrected chi connectivity index (χ2v) is 6.75. The Morgan fingerprint density at radius 3 is 2.37 bits per heavy atom. The van der Waals surface area contributed by atoms with E-state index in [1.165, 1.54) is 0 Å². The van der Waals surface area contributed by atoms with Crippen molar-refractivity contribution in [1.29, 1.82) is 10.5 Å². The van der Waals surface area contributed by atoms with Crippen LogP contribution in [-0.4, -0.2) is 25.8 Å². The Bertz CT molecular complexity index is 633. The van der Waals surface area contributed by atoms with Gasteiger partial charge in [0.05, 0.1) is 22.9 Å². The van der Waals surface area contributed by atoms with Crippen LogP contribution in [0, 0.1) is 22.7 Å². The van der Waals surface area contributed by atoms with Crippen LogP contribution < -0.4 is 0 Å². The molecular weight excluding hydrogens is 354 g/mol. The molecule has 0 bridgehead atoms. The van der Waals surface area contributed by atoms with Crippen LogP contribution >= 0.6 is 27.5 Å². The number of hydrogen-bond donors (Lipinski definition) is 0. The van der Waals surface area contributed by atoms with Gasteiger partial charge in [-0.25, -0.2) is 8.42 Å². The zero-order chi connectivity index (χ0) is 14.5. The number of benzene rings is 1. The van der Waals surface area contributed by atoms with Gasteiger partial charge < -0.3 is 0 Å². The zero-order valence-corrected chi connectivity index (χ0v) is 12.8. The van der Waals surface area contributed by atoms with Crippen LogP contribution in [0.1, 0.15) is 5.56 Å². The van der Waals surface area contributed by atoms with Gasteiger partial charge in [0.2, 0.25) is 10.0 Å². The van der Waals surface area contributed by atoms with E-state index in [-0.39, 0.29) is 18.8 Å². The molecule has 0 saturated heterocycles. The number of hydrogen-bond acceptors (Lipinski definition) is 4. The monoisotopic (exact) mass is 361 g/mol. The standard InChI is InChI=1S/C11H9BrClN3O2S/c12-10-3-1-2-9(11(10)13)8-19(17,18)16(6-4-14)7-5-15/h1-3H,6-8H2. The number of nitrogens with zero attached hydrogens (tertiary/aromatic N) is 3. The third kappa shape index (κ3) is 4.19. The molecule has 1 aromatic rings. The summed E-state index contributed by atoms with van der Waals surface area (Å²) in [6.07, 6.45) is 0. The first-order valence-corrected chi connectivity index (χ1v) is 7.85. The molecule has 0 N–H and O–H groups in total. The van der Waals surface area contributed by atoms with E-state index in [9.17, 15) is 8.42 Å². The molecule has 0 fully saturated rings. The number of sulfonamides is 1. The topological polar surface area (TPSA) is 85.0 Å². The summed E-state index contributed by atoms with van der Waals surface area (Å²) in [6, 6.07) is 8.39. The summed E-state index contributed by atoms with van der Waals surface area (Å²) in [5.41, 5.74) is 0.414. The number of rotatable bonds is 5. The minimum absolute atomic E-state index is 0.306. The molecule has 0 amide bonds. The lowest BCUT2D eigenvalue weighted by atomic mass is 10.2. The van der Waals surface area contributed by atoms with Crippen molar-refractivity contribution in [3.05, 3.63) is 33.3 Å². The largest absolute Gasteiger partial charge is 0.220 e. The first kappa shape index (κ1) is 15.9. The SMILES string of the molecule is N#CCN(CC#N)S(=O)(=O)Cc1cccc(Br)c1Cl. The van der Waals surface area contributed by atoms with Crippen LogP contribution in [0.15, 0.2) is 22.7 Å². The van der Waals surface area contributed by atoms with Crippen molar-refractivity contribution in [2.75, 3.05) is 13.1 Å². The molecule has 1 rings (SSSR count). The van der Waals surface area contributed by atoms with Gasteiger partial charge in [-0.15, -0.1) is 0 Å². The lowest BCUT2D eigenvalue weighted by molar-refractivity contribution is 0.478. The molecule has 0 atom stereocenters. The summed E-state index contributed by atoms with van der Waals surface area (Å²) in [4.78, 5) is 0. The lowest BCUT2D eigenvalue weighted by Gasteiger charge is -2.16. The summed E-state index contributed by atoms with van der Waals surface area (Å²) < 4.78 is 25.6. The highest BCUT2D eigenvalue weighted by Crippen LogP contribution is 2.27. The molecule has 0 aliphatic heterocycles. The van der Waals surface area contributed by atoms with Crippen molar-refractivity contribution in [3.8, 4) is 12.1 Å². The molecular formula is C11H9BrClN3O2S. The molecule has 100 valence electrons. The lowest BCUT2D eigenvalue weighted by Crippen LogP contribution is -2.33. The van der Waals surface area contributed by atoms with Gasteiger partial charge in [-0.2, -0.15) is 14.8 Å². The van der Waals surface area contributed by atoms with Gasteiger partial charge in [0.25, 0.3) is 0 Å². The van der Waals surface area contributed by atoms with Crippen molar-refractivity contribution in [1.82, 2.24) is 4.31 Å². The van der Waals surface area contributed by atoms with Gasteiger partial charge in [-0.05, 0) is 27.6 Å². The highest BCUT2D eigenvalue weighted by molar-refractivity contribution is 9.10. The summed E-state index contributed by atoms with van der Waals surface area (Å²) in [5.74, 6) is -0.353. The average molecular weight is 363 g/mol. The molecule has 0 aromatic heterocycles. The van der Waals surface area contributed by atoms with E-state index in [2.05, 4.69) is 15.9 Å². The van der Waals surface area contributed by atoms with E-state index in [0.717, 1.165) is 4.31 Å². The Balaban J connectivity index is 3.05. The zero-order valence-electron chi connectivity index (χ0n) is 9.68. The van der Waals surface area contributed by atoms with Crippen molar-refractivity contribution in [2.24, 2.45) is 0 Å². The van der Waals surface area contributed by atoms with E-state index in [0.29, 0.717) is 15.1 Å². The fourth-order valence-electron chi connectivity index (χ4n) is 1.36. The third-order valence-electron chi connectivity index (χ3n) is 2.26. The van der Waals surface area contributed by atoms with Crippen LogP contribution in [-0.2, 0) is 15.8 Å². The maximum absolute atomic E-state index is 12.1. The van der Waals surface area contributed by atoms with Crippen molar-refractivity contribution >= 4 is 37.6 Å². The van der Waals surface area contributed by atoms with Gasteiger partial charge in [0.1, 0.15) is 13.1 Å². The smallest absolute Gasteiger partial charge is 0.212 e. The molecule has 1 aromatic carbocycles. The van der Waals surface area contributed by atoms with Crippen LogP contribution in [0.25, 0.3) is 0 Å². The second kappa shape index (κ2) is 6.88. The quantitative estimate of drug-likeness (QED) is 0.752. The van der Waals surface area contributed by atoms with E-state index < -0.39 is 10.0 Å². The molecule has 19 heavy (non-hydrogen) atoms.